The number of nitrogens with zero attached hydrogens (tertiary/aromatic N) is 1. The molecule has 0 aliphatic heterocycles. The van der Waals surface area contributed by atoms with Gasteiger partial charge in [-0.15, -0.1) is 0 Å². The van der Waals surface area contributed by atoms with E-state index in [1.807, 2.05) is 66.4 Å². The summed E-state index contributed by atoms with van der Waals surface area (Å²) in [5.74, 6) is 0.931. The summed E-state index contributed by atoms with van der Waals surface area (Å²) >= 11 is 0. The molecule has 0 spiro atoms. The number of unbranched alkanes of at least 4 members (excludes halogenated alkanes) is 8. The van der Waals surface area contributed by atoms with E-state index < -0.39 is 5.97 Å². The zero-order valence-electron chi connectivity index (χ0n) is 29.6. The Bertz CT molecular complexity index is 1550. The van der Waals surface area contributed by atoms with Crippen LogP contribution >= 0.6 is 0 Å². The van der Waals surface area contributed by atoms with Gasteiger partial charge in [-0.1, -0.05) is 121 Å². The van der Waals surface area contributed by atoms with E-state index in [1.165, 1.54) is 51.4 Å². The summed E-state index contributed by atoms with van der Waals surface area (Å²) in [4.78, 5) is 28.1. The van der Waals surface area contributed by atoms with Crippen LogP contribution in [0.4, 0.5) is 0 Å². The molecule has 4 aromatic carbocycles. The summed E-state index contributed by atoms with van der Waals surface area (Å²) in [7, 11) is 0. The second-order valence-corrected chi connectivity index (χ2v) is 13.0. The van der Waals surface area contributed by atoms with Crippen molar-refractivity contribution in [3.8, 4) is 22.6 Å². The smallest absolute Gasteiger partial charge is 0.343 e. The van der Waals surface area contributed by atoms with Crippen LogP contribution in [0.15, 0.2) is 84.9 Å². The topological polar surface area (TPSA) is 55.8 Å². The Morgan fingerprint density at radius 1 is 0.604 bits per heavy atom. The van der Waals surface area contributed by atoms with E-state index in [9.17, 15) is 9.59 Å². The fourth-order valence-electron chi connectivity index (χ4n) is 6.17. The predicted octanol–water partition coefficient (Wildman–Crippen LogP) is 11.4. The SMILES string of the molecule is CCCCCCCCCCCOc1ccc(-c2ccc(C(=O)Oc3ccc4cc([C@H](C)C(=O)N(CCC)CCC)ccc4c3)cc2)cc1. The van der Waals surface area contributed by atoms with Gasteiger partial charge in [0.2, 0.25) is 5.91 Å². The van der Waals surface area contributed by atoms with Crippen LogP contribution in [0.2, 0.25) is 0 Å². The van der Waals surface area contributed by atoms with Crippen molar-refractivity contribution >= 4 is 22.6 Å². The summed E-state index contributed by atoms with van der Waals surface area (Å²) in [6.07, 6.45) is 13.6. The molecule has 0 saturated carbocycles. The molecule has 5 nitrogen and oxygen atoms in total. The average molecular weight is 650 g/mol. The predicted molar refractivity (Wildman–Crippen MR) is 199 cm³/mol. The summed E-state index contributed by atoms with van der Waals surface area (Å²) in [5.41, 5.74) is 3.58. The van der Waals surface area contributed by atoms with Crippen LogP contribution in [-0.4, -0.2) is 36.5 Å². The number of hydrogen-bond acceptors (Lipinski definition) is 4. The van der Waals surface area contributed by atoms with E-state index in [0.717, 1.165) is 72.2 Å². The van der Waals surface area contributed by atoms with Crippen LogP contribution in [0.1, 0.15) is 120 Å². The summed E-state index contributed by atoms with van der Waals surface area (Å²) < 4.78 is 11.7. The third-order valence-electron chi connectivity index (χ3n) is 9.04. The lowest BCUT2D eigenvalue weighted by Crippen LogP contribution is -2.35. The molecule has 0 saturated heterocycles. The quantitative estimate of drug-likeness (QED) is 0.0543. The van der Waals surface area contributed by atoms with Crippen molar-refractivity contribution in [1.82, 2.24) is 4.90 Å². The monoisotopic (exact) mass is 649 g/mol. The second kappa shape index (κ2) is 19.6. The Balaban J connectivity index is 1.26. The van der Waals surface area contributed by atoms with Gasteiger partial charge < -0.3 is 14.4 Å². The Kier molecular flexibility index (Phi) is 15.0. The third-order valence-corrected chi connectivity index (χ3v) is 9.04. The largest absolute Gasteiger partial charge is 0.494 e. The van der Waals surface area contributed by atoms with E-state index in [4.69, 9.17) is 9.47 Å². The highest BCUT2D eigenvalue weighted by Crippen LogP contribution is 2.28. The minimum Gasteiger partial charge on any atom is -0.494 e. The number of benzene rings is 4. The van der Waals surface area contributed by atoms with Gasteiger partial charge in [-0.3, -0.25) is 4.79 Å². The maximum absolute atomic E-state index is 13.1. The molecule has 1 amide bonds. The zero-order chi connectivity index (χ0) is 34.1. The standard InChI is InChI=1S/C43H55NO4/c1-5-8-9-10-11-12-13-14-15-30-47-40-25-22-35(23-26-40)34-16-18-36(19-17-34)43(46)48-41-27-24-38-31-37(20-21-39(38)32-41)33(4)42(45)44(28-6-2)29-7-3/h16-27,31-33H,5-15,28-30H2,1-4H3/t33-/m0/s1. The Hall–Kier alpha value is -4.12. The number of carbonyl (C=O) groups is 2. The lowest BCUT2D eigenvalue weighted by molar-refractivity contribution is -0.132. The van der Waals surface area contributed by atoms with Gasteiger partial charge in [0.25, 0.3) is 0 Å². The van der Waals surface area contributed by atoms with Crippen molar-refractivity contribution < 1.29 is 19.1 Å². The van der Waals surface area contributed by atoms with E-state index in [2.05, 4.69) is 39.0 Å². The molecule has 0 fully saturated rings. The van der Waals surface area contributed by atoms with Crippen LogP contribution in [0.25, 0.3) is 21.9 Å². The van der Waals surface area contributed by atoms with Crippen molar-refractivity contribution in [2.45, 2.75) is 104 Å². The molecule has 256 valence electrons. The van der Waals surface area contributed by atoms with Gasteiger partial charge in [0.15, 0.2) is 0 Å². The lowest BCUT2D eigenvalue weighted by Gasteiger charge is -2.25. The Labute approximate surface area is 288 Å². The normalized spacial score (nSPS) is 11.8. The number of carbonyl (C=O) groups excluding carboxylic acids is 2. The number of ether oxygens (including phenoxy) is 2. The maximum atomic E-state index is 13.1. The first-order chi connectivity index (χ1) is 23.4. The number of fused-ring (bicyclic) bond motifs is 1. The Morgan fingerprint density at radius 3 is 1.77 bits per heavy atom. The first kappa shape index (κ1) is 36.7. The molecule has 5 heteroatoms. The van der Waals surface area contributed by atoms with Crippen molar-refractivity contribution in [2.24, 2.45) is 0 Å². The van der Waals surface area contributed by atoms with E-state index in [1.54, 1.807) is 12.1 Å². The van der Waals surface area contributed by atoms with Crippen molar-refractivity contribution in [3.63, 3.8) is 0 Å². The highest BCUT2D eigenvalue weighted by atomic mass is 16.5. The number of amides is 1. The molecule has 0 aromatic heterocycles. The van der Waals surface area contributed by atoms with Gasteiger partial charge in [0.05, 0.1) is 18.1 Å². The fraction of sp³-hybridized carbons (Fsp3) is 0.442. The first-order valence-corrected chi connectivity index (χ1v) is 18.3. The van der Waals surface area contributed by atoms with Crippen molar-refractivity contribution in [2.75, 3.05) is 19.7 Å². The molecule has 0 heterocycles. The van der Waals surface area contributed by atoms with E-state index >= 15 is 0 Å². The first-order valence-electron chi connectivity index (χ1n) is 18.3. The fourth-order valence-corrected chi connectivity index (χ4v) is 6.17. The van der Waals surface area contributed by atoms with Gasteiger partial charge >= 0.3 is 5.97 Å². The molecule has 4 aromatic rings. The van der Waals surface area contributed by atoms with Gasteiger partial charge in [-0.25, -0.2) is 4.79 Å². The van der Waals surface area contributed by atoms with Crippen LogP contribution < -0.4 is 9.47 Å². The molecule has 0 N–H and O–H groups in total. The van der Waals surface area contributed by atoms with E-state index in [0.29, 0.717) is 11.3 Å². The summed E-state index contributed by atoms with van der Waals surface area (Å²) in [6.45, 7) is 10.8. The van der Waals surface area contributed by atoms with Crippen LogP contribution in [0.3, 0.4) is 0 Å². The summed E-state index contributed by atoms with van der Waals surface area (Å²) in [6, 6.07) is 27.3. The van der Waals surface area contributed by atoms with Crippen LogP contribution in [-0.2, 0) is 4.79 Å². The molecule has 4 rings (SSSR count). The molecule has 0 aliphatic carbocycles. The number of rotatable bonds is 20. The second-order valence-electron chi connectivity index (χ2n) is 13.0. The number of esters is 1. The minimum atomic E-state index is -0.399. The molecule has 0 radical (unpaired) electrons. The lowest BCUT2D eigenvalue weighted by atomic mass is 9.96. The molecule has 0 unspecified atom stereocenters. The molecule has 48 heavy (non-hydrogen) atoms. The van der Waals surface area contributed by atoms with Crippen LogP contribution in [0.5, 0.6) is 11.5 Å². The van der Waals surface area contributed by atoms with Crippen LogP contribution in [0, 0.1) is 0 Å². The number of hydrogen-bond donors (Lipinski definition) is 0. The van der Waals surface area contributed by atoms with Crippen molar-refractivity contribution in [3.05, 3.63) is 96.1 Å². The van der Waals surface area contributed by atoms with Gasteiger partial charge in [0, 0.05) is 13.1 Å². The Morgan fingerprint density at radius 2 is 1.15 bits per heavy atom. The zero-order valence-corrected chi connectivity index (χ0v) is 29.6. The highest BCUT2D eigenvalue weighted by molar-refractivity contribution is 5.93. The molecule has 1 atom stereocenters. The minimum absolute atomic E-state index is 0.167. The highest BCUT2D eigenvalue weighted by Gasteiger charge is 2.21. The molecule has 0 aliphatic rings. The third kappa shape index (κ3) is 11.0. The van der Waals surface area contributed by atoms with E-state index in [-0.39, 0.29) is 11.8 Å². The maximum Gasteiger partial charge on any atom is 0.343 e. The van der Waals surface area contributed by atoms with Crippen molar-refractivity contribution in [1.29, 1.82) is 0 Å². The molecule has 0 bridgehead atoms. The van der Waals surface area contributed by atoms with Gasteiger partial charge in [0.1, 0.15) is 11.5 Å². The summed E-state index contributed by atoms with van der Waals surface area (Å²) in [5, 5.41) is 1.97. The molecular formula is C43H55NO4. The van der Waals surface area contributed by atoms with Gasteiger partial charge in [-0.2, -0.15) is 0 Å². The van der Waals surface area contributed by atoms with Gasteiger partial charge in [-0.05, 0) is 90.0 Å². The molecular weight excluding hydrogens is 594 g/mol. The average Bonchev–Trinajstić information content (AvgIpc) is 3.11.